The quantitative estimate of drug-likeness (QED) is 0.898. The van der Waals surface area contributed by atoms with Crippen LogP contribution in [0.15, 0.2) is 0 Å². The monoisotopic (exact) mass is 283 g/mol. The molecule has 0 bridgehead atoms. The number of anilines is 2. The molecular formula is C12H21N5OS. The Hall–Kier alpha value is -1.24. The number of rotatable bonds is 4. The fourth-order valence-electron chi connectivity index (χ4n) is 1.96. The van der Waals surface area contributed by atoms with Gasteiger partial charge in [0.25, 0.3) is 0 Å². The van der Waals surface area contributed by atoms with E-state index in [1.54, 1.807) is 0 Å². The van der Waals surface area contributed by atoms with Gasteiger partial charge in [-0.1, -0.05) is 13.8 Å². The van der Waals surface area contributed by atoms with Crippen LogP contribution in [0, 0.1) is 0 Å². The number of aromatic nitrogens is 3. The normalized spacial score (nSPS) is 23.4. The van der Waals surface area contributed by atoms with E-state index in [0.29, 0.717) is 29.9 Å². The summed E-state index contributed by atoms with van der Waals surface area (Å²) in [7, 11) is 0. The van der Waals surface area contributed by atoms with Crippen LogP contribution >= 0.6 is 11.8 Å². The third-order valence-corrected chi connectivity index (χ3v) is 4.53. The molecule has 1 aliphatic heterocycles. The van der Waals surface area contributed by atoms with E-state index in [1.165, 1.54) is 0 Å². The van der Waals surface area contributed by atoms with E-state index in [-0.39, 0.29) is 5.95 Å². The Balaban J connectivity index is 2.20. The van der Waals surface area contributed by atoms with Crippen molar-refractivity contribution in [1.82, 2.24) is 15.0 Å². The summed E-state index contributed by atoms with van der Waals surface area (Å²) in [6.45, 7) is 7.96. The molecule has 1 aromatic heterocycles. The number of nitrogen functional groups attached to an aromatic ring is 1. The minimum Gasteiger partial charge on any atom is -0.463 e. The van der Waals surface area contributed by atoms with Crippen LogP contribution < -0.4 is 15.4 Å². The highest BCUT2D eigenvalue weighted by Crippen LogP contribution is 2.27. The standard InChI is InChI=1S/C12H21N5OS/c1-4-6-18-12-15-10(13)14-11(16-12)17-5-7-19-9(3)8(17)2/h8-9H,4-7H2,1-3H3,(H2,13,14,15,16). The van der Waals surface area contributed by atoms with Crippen molar-refractivity contribution in [1.29, 1.82) is 0 Å². The first-order chi connectivity index (χ1) is 9.11. The Bertz CT molecular complexity index is 431. The Labute approximate surface area is 118 Å². The zero-order chi connectivity index (χ0) is 13.8. The average molecular weight is 283 g/mol. The number of hydrogen-bond acceptors (Lipinski definition) is 7. The second-order valence-corrected chi connectivity index (χ2v) is 6.12. The lowest BCUT2D eigenvalue weighted by atomic mass is 10.2. The summed E-state index contributed by atoms with van der Waals surface area (Å²) in [5, 5.41) is 0.548. The maximum Gasteiger partial charge on any atom is 0.323 e. The molecule has 0 spiro atoms. The molecule has 106 valence electrons. The van der Waals surface area contributed by atoms with Crippen LogP contribution in [0.25, 0.3) is 0 Å². The van der Waals surface area contributed by atoms with E-state index in [4.69, 9.17) is 10.5 Å². The summed E-state index contributed by atoms with van der Waals surface area (Å²) in [5.74, 6) is 1.91. The van der Waals surface area contributed by atoms with Gasteiger partial charge in [0.2, 0.25) is 11.9 Å². The largest absolute Gasteiger partial charge is 0.463 e. The lowest BCUT2D eigenvalue weighted by Crippen LogP contribution is -2.45. The first kappa shape index (κ1) is 14.2. The number of nitrogens with two attached hydrogens (primary N) is 1. The Kier molecular flexibility index (Phi) is 4.68. The molecule has 1 saturated heterocycles. The van der Waals surface area contributed by atoms with E-state index in [2.05, 4.69) is 33.7 Å². The molecular weight excluding hydrogens is 262 g/mol. The van der Waals surface area contributed by atoms with E-state index in [1.807, 2.05) is 18.7 Å². The fourth-order valence-corrected chi connectivity index (χ4v) is 3.06. The van der Waals surface area contributed by atoms with Crippen molar-refractivity contribution in [2.24, 2.45) is 0 Å². The second-order valence-electron chi connectivity index (χ2n) is 4.63. The van der Waals surface area contributed by atoms with E-state index < -0.39 is 0 Å². The van der Waals surface area contributed by atoms with Gasteiger partial charge in [0, 0.05) is 23.6 Å². The summed E-state index contributed by atoms with van der Waals surface area (Å²) >= 11 is 1.97. The van der Waals surface area contributed by atoms with Crippen LogP contribution in [0.4, 0.5) is 11.9 Å². The topological polar surface area (TPSA) is 77.2 Å². The maximum absolute atomic E-state index is 5.74. The average Bonchev–Trinajstić information content (AvgIpc) is 2.39. The van der Waals surface area contributed by atoms with Gasteiger partial charge in [0.1, 0.15) is 0 Å². The van der Waals surface area contributed by atoms with Gasteiger partial charge in [-0.05, 0) is 13.3 Å². The van der Waals surface area contributed by atoms with Gasteiger partial charge in [-0.25, -0.2) is 0 Å². The van der Waals surface area contributed by atoms with Crippen molar-refractivity contribution in [2.75, 3.05) is 29.5 Å². The van der Waals surface area contributed by atoms with Crippen molar-refractivity contribution in [3.8, 4) is 6.01 Å². The molecule has 0 saturated carbocycles. The summed E-state index contributed by atoms with van der Waals surface area (Å²) in [6.07, 6.45) is 0.911. The molecule has 0 aromatic carbocycles. The Morgan fingerprint density at radius 1 is 1.37 bits per heavy atom. The fraction of sp³-hybridized carbons (Fsp3) is 0.750. The minimum atomic E-state index is 0.217. The molecule has 2 atom stereocenters. The molecule has 0 aliphatic carbocycles. The summed E-state index contributed by atoms with van der Waals surface area (Å²) in [4.78, 5) is 14.8. The molecule has 7 heteroatoms. The van der Waals surface area contributed by atoms with Crippen molar-refractivity contribution < 1.29 is 4.74 Å². The van der Waals surface area contributed by atoms with Crippen molar-refractivity contribution >= 4 is 23.7 Å². The highest BCUT2D eigenvalue weighted by atomic mass is 32.2. The smallest absolute Gasteiger partial charge is 0.323 e. The minimum absolute atomic E-state index is 0.217. The predicted molar refractivity (Wildman–Crippen MR) is 78.8 cm³/mol. The molecule has 6 nitrogen and oxygen atoms in total. The maximum atomic E-state index is 5.74. The number of nitrogens with zero attached hydrogens (tertiary/aromatic N) is 4. The van der Waals surface area contributed by atoms with Gasteiger partial charge >= 0.3 is 6.01 Å². The van der Waals surface area contributed by atoms with E-state index in [0.717, 1.165) is 18.7 Å². The summed E-state index contributed by atoms with van der Waals surface area (Å²) < 4.78 is 5.46. The lowest BCUT2D eigenvalue weighted by Gasteiger charge is -2.37. The third kappa shape index (κ3) is 3.40. The Morgan fingerprint density at radius 3 is 2.89 bits per heavy atom. The summed E-state index contributed by atoms with van der Waals surface area (Å²) in [6, 6.07) is 0.696. The first-order valence-electron chi connectivity index (χ1n) is 6.64. The van der Waals surface area contributed by atoms with Crippen molar-refractivity contribution in [3.05, 3.63) is 0 Å². The Morgan fingerprint density at radius 2 is 2.16 bits per heavy atom. The van der Waals surface area contributed by atoms with Gasteiger partial charge < -0.3 is 15.4 Å². The molecule has 1 aliphatic rings. The molecule has 2 N–H and O–H groups in total. The molecule has 2 rings (SSSR count). The number of hydrogen-bond donors (Lipinski definition) is 1. The van der Waals surface area contributed by atoms with Gasteiger partial charge in [0.05, 0.1) is 6.61 Å². The zero-order valence-corrected chi connectivity index (χ0v) is 12.5. The second kappa shape index (κ2) is 6.27. The van der Waals surface area contributed by atoms with Crippen molar-refractivity contribution in [2.45, 2.75) is 38.5 Å². The molecule has 19 heavy (non-hydrogen) atoms. The van der Waals surface area contributed by atoms with Crippen LogP contribution in [0.5, 0.6) is 6.01 Å². The molecule has 2 heterocycles. The molecule has 0 radical (unpaired) electrons. The summed E-state index contributed by atoms with van der Waals surface area (Å²) in [5.41, 5.74) is 5.74. The predicted octanol–water partition coefficient (Wildman–Crippen LogP) is 1.57. The number of thioether (sulfide) groups is 1. The molecule has 0 amide bonds. The van der Waals surface area contributed by atoms with Gasteiger partial charge in [-0.2, -0.15) is 26.7 Å². The van der Waals surface area contributed by atoms with Crippen LogP contribution in [0.3, 0.4) is 0 Å². The van der Waals surface area contributed by atoms with Crippen molar-refractivity contribution in [3.63, 3.8) is 0 Å². The van der Waals surface area contributed by atoms with E-state index in [9.17, 15) is 0 Å². The van der Waals surface area contributed by atoms with Crippen LogP contribution in [0.2, 0.25) is 0 Å². The van der Waals surface area contributed by atoms with Gasteiger partial charge in [-0.3, -0.25) is 0 Å². The highest BCUT2D eigenvalue weighted by Gasteiger charge is 2.27. The highest BCUT2D eigenvalue weighted by molar-refractivity contribution is 8.00. The van der Waals surface area contributed by atoms with Crippen LogP contribution in [0.1, 0.15) is 27.2 Å². The third-order valence-electron chi connectivity index (χ3n) is 3.20. The zero-order valence-electron chi connectivity index (χ0n) is 11.7. The lowest BCUT2D eigenvalue weighted by molar-refractivity contribution is 0.291. The molecule has 1 fully saturated rings. The van der Waals surface area contributed by atoms with E-state index >= 15 is 0 Å². The molecule has 1 aromatic rings. The SMILES string of the molecule is CCCOc1nc(N)nc(N2CCSC(C)C2C)n1. The van der Waals surface area contributed by atoms with Crippen LogP contribution in [-0.2, 0) is 0 Å². The van der Waals surface area contributed by atoms with Crippen LogP contribution in [-0.4, -0.2) is 45.1 Å². The molecule has 2 unspecified atom stereocenters. The number of ether oxygens (including phenoxy) is 1. The first-order valence-corrected chi connectivity index (χ1v) is 7.69. The van der Waals surface area contributed by atoms with Gasteiger partial charge in [-0.15, -0.1) is 0 Å². The van der Waals surface area contributed by atoms with Gasteiger partial charge in [0.15, 0.2) is 0 Å².